The second-order valence-electron chi connectivity index (χ2n) is 9.06. The summed E-state index contributed by atoms with van der Waals surface area (Å²) in [5, 5.41) is 11.9. The van der Waals surface area contributed by atoms with Crippen LogP contribution >= 0.6 is 0 Å². The van der Waals surface area contributed by atoms with Crippen molar-refractivity contribution in [2.75, 3.05) is 0 Å². The Morgan fingerprint density at radius 3 is 2.34 bits per heavy atom. The number of nitriles is 1. The van der Waals surface area contributed by atoms with E-state index in [2.05, 4.69) is 31.1 Å². The number of ether oxygens (including phenoxy) is 1. The van der Waals surface area contributed by atoms with Gasteiger partial charge in [-0.15, -0.1) is 0 Å². The Labute approximate surface area is 185 Å². The molecular weight excluding hydrogens is 419 g/mol. The molecule has 0 saturated heterocycles. The molecule has 1 fully saturated rings. The van der Waals surface area contributed by atoms with Crippen LogP contribution in [0, 0.1) is 11.3 Å². The third-order valence-corrected chi connectivity index (χ3v) is 5.52. The molecule has 0 unspecified atom stereocenters. The number of alkyl halides is 3. The number of carbonyl (C=O) groups excluding carboxylic acids is 1. The molecule has 5 nitrogen and oxygen atoms in total. The van der Waals surface area contributed by atoms with Gasteiger partial charge >= 0.3 is 6.18 Å². The van der Waals surface area contributed by atoms with Crippen LogP contribution in [0.1, 0.15) is 73.6 Å². The van der Waals surface area contributed by atoms with Crippen molar-refractivity contribution in [3.05, 3.63) is 58.9 Å². The minimum absolute atomic E-state index is 0.0312. The highest BCUT2D eigenvalue weighted by Crippen LogP contribution is 2.35. The topological polar surface area (TPSA) is 75.0 Å². The monoisotopic (exact) mass is 445 g/mol. The third kappa shape index (κ3) is 5.78. The molecule has 1 amide bonds. The number of pyridine rings is 1. The van der Waals surface area contributed by atoms with Crippen LogP contribution in [0.25, 0.3) is 0 Å². The summed E-state index contributed by atoms with van der Waals surface area (Å²) in [5.74, 6) is -0.0990. The smallest absolute Gasteiger partial charge is 0.417 e. The van der Waals surface area contributed by atoms with Gasteiger partial charge in [0.25, 0.3) is 5.91 Å². The van der Waals surface area contributed by atoms with E-state index in [9.17, 15) is 18.0 Å². The fraction of sp³-hybridized carbons (Fsp3) is 0.458. The summed E-state index contributed by atoms with van der Waals surface area (Å²) >= 11 is 0. The standard InChI is InChI=1S/C24H26F3N3O2/c1-23(2,3)21-11-5-16(14-29-21)22(31)30-17-6-9-18(10-7-17)32-19-8-4-15(13-28)20(12-19)24(25,26)27/h4-5,8,11-12,14,17-18H,6-7,9-10H2,1-3H3,(H,30,31). The summed E-state index contributed by atoms with van der Waals surface area (Å²) in [4.78, 5) is 16.9. The molecule has 0 spiro atoms. The van der Waals surface area contributed by atoms with Crippen LogP contribution in [0.2, 0.25) is 0 Å². The summed E-state index contributed by atoms with van der Waals surface area (Å²) < 4.78 is 45.1. The predicted octanol–water partition coefficient (Wildman–Crippen LogP) is 5.39. The number of halogens is 3. The Morgan fingerprint density at radius 1 is 1.12 bits per heavy atom. The number of rotatable bonds is 4. The van der Waals surface area contributed by atoms with E-state index in [0.29, 0.717) is 31.2 Å². The molecule has 0 bridgehead atoms. The number of nitrogens with zero attached hydrogens (tertiary/aromatic N) is 2. The van der Waals surface area contributed by atoms with Crippen molar-refractivity contribution in [3.8, 4) is 11.8 Å². The molecule has 1 aromatic carbocycles. The van der Waals surface area contributed by atoms with Gasteiger partial charge in [0, 0.05) is 23.3 Å². The third-order valence-electron chi connectivity index (χ3n) is 5.52. The van der Waals surface area contributed by atoms with Crippen LogP contribution in [-0.4, -0.2) is 23.0 Å². The Bertz CT molecular complexity index is 997. The minimum Gasteiger partial charge on any atom is -0.490 e. The first-order valence-electron chi connectivity index (χ1n) is 10.5. The lowest BCUT2D eigenvalue weighted by Crippen LogP contribution is -2.39. The van der Waals surface area contributed by atoms with E-state index in [1.54, 1.807) is 18.3 Å². The largest absolute Gasteiger partial charge is 0.490 e. The summed E-state index contributed by atoms with van der Waals surface area (Å²) in [5.41, 5.74) is -0.119. The summed E-state index contributed by atoms with van der Waals surface area (Å²) in [7, 11) is 0. The zero-order chi connectivity index (χ0) is 23.5. The first kappa shape index (κ1) is 23.6. The van der Waals surface area contributed by atoms with Crippen molar-refractivity contribution in [3.63, 3.8) is 0 Å². The zero-order valence-corrected chi connectivity index (χ0v) is 18.3. The molecular formula is C24H26F3N3O2. The van der Waals surface area contributed by atoms with E-state index < -0.39 is 17.3 Å². The van der Waals surface area contributed by atoms with Gasteiger partial charge < -0.3 is 10.1 Å². The molecule has 0 atom stereocenters. The van der Waals surface area contributed by atoms with Gasteiger partial charge in [-0.2, -0.15) is 18.4 Å². The number of amides is 1. The van der Waals surface area contributed by atoms with Crippen molar-refractivity contribution < 1.29 is 22.7 Å². The first-order valence-corrected chi connectivity index (χ1v) is 10.5. The van der Waals surface area contributed by atoms with E-state index in [-0.39, 0.29) is 29.2 Å². The molecule has 170 valence electrons. The number of nitrogens with one attached hydrogen (secondary N) is 1. The van der Waals surface area contributed by atoms with Crippen LogP contribution < -0.4 is 10.1 Å². The molecule has 32 heavy (non-hydrogen) atoms. The summed E-state index contributed by atoms with van der Waals surface area (Å²) in [6, 6.07) is 8.54. The Balaban J connectivity index is 1.54. The van der Waals surface area contributed by atoms with Crippen LogP contribution in [0.3, 0.4) is 0 Å². The average Bonchev–Trinajstić information content (AvgIpc) is 2.74. The van der Waals surface area contributed by atoms with Crippen molar-refractivity contribution in [1.82, 2.24) is 10.3 Å². The molecule has 1 aliphatic rings. The summed E-state index contributed by atoms with van der Waals surface area (Å²) in [6.07, 6.45) is -0.760. The van der Waals surface area contributed by atoms with Gasteiger partial charge in [0.15, 0.2) is 0 Å². The maximum Gasteiger partial charge on any atom is 0.417 e. The van der Waals surface area contributed by atoms with E-state index in [1.807, 2.05) is 6.07 Å². The normalized spacial score (nSPS) is 19.2. The van der Waals surface area contributed by atoms with E-state index in [0.717, 1.165) is 17.8 Å². The molecule has 2 aromatic rings. The zero-order valence-electron chi connectivity index (χ0n) is 18.3. The first-order chi connectivity index (χ1) is 15.0. The maximum atomic E-state index is 13.1. The lowest BCUT2D eigenvalue weighted by Gasteiger charge is -2.29. The van der Waals surface area contributed by atoms with Gasteiger partial charge in [-0.25, -0.2) is 0 Å². The van der Waals surface area contributed by atoms with Crippen molar-refractivity contribution in [1.29, 1.82) is 5.26 Å². The SMILES string of the molecule is CC(C)(C)c1ccc(C(=O)NC2CCC(Oc3ccc(C#N)c(C(F)(F)F)c3)CC2)cn1. The van der Waals surface area contributed by atoms with Crippen LogP contribution in [-0.2, 0) is 11.6 Å². The van der Waals surface area contributed by atoms with Crippen LogP contribution in [0.15, 0.2) is 36.5 Å². The molecule has 3 rings (SSSR count). The lowest BCUT2D eigenvalue weighted by atomic mass is 9.91. The molecule has 1 saturated carbocycles. The molecule has 0 radical (unpaired) electrons. The number of hydrogen-bond acceptors (Lipinski definition) is 4. The molecule has 0 aliphatic heterocycles. The van der Waals surface area contributed by atoms with Crippen LogP contribution in [0.4, 0.5) is 13.2 Å². The number of benzene rings is 1. The maximum absolute atomic E-state index is 13.1. The van der Waals surface area contributed by atoms with Crippen molar-refractivity contribution >= 4 is 5.91 Å². The van der Waals surface area contributed by atoms with E-state index >= 15 is 0 Å². The van der Waals surface area contributed by atoms with Gasteiger partial charge in [-0.05, 0) is 56.0 Å². The van der Waals surface area contributed by atoms with Crippen LogP contribution in [0.5, 0.6) is 5.75 Å². The molecule has 1 aromatic heterocycles. The van der Waals surface area contributed by atoms with Gasteiger partial charge in [-0.1, -0.05) is 20.8 Å². The molecule has 1 N–H and O–H groups in total. The Hall–Kier alpha value is -3.08. The molecule has 1 aliphatic carbocycles. The van der Waals surface area contributed by atoms with E-state index in [4.69, 9.17) is 10.00 Å². The minimum atomic E-state index is -4.62. The van der Waals surface area contributed by atoms with Gasteiger partial charge in [0.1, 0.15) is 5.75 Å². The van der Waals surface area contributed by atoms with Gasteiger partial charge in [0.2, 0.25) is 0 Å². The van der Waals surface area contributed by atoms with E-state index in [1.165, 1.54) is 6.07 Å². The molecule has 1 heterocycles. The quantitative estimate of drug-likeness (QED) is 0.685. The van der Waals surface area contributed by atoms with Crippen molar-refractivity contribution in [2.24, 2.45) is 0 Å². The summed E-state index contributed by atoms with van der Waals surface area (Å²) in [6.45, 7) is 6.16. The molecule has 8 heteroatoms. The number of aromatic nitrogens is 1. The van der Waals surface area contributed by atoms with Gasteiger partial charge in [-0.3, -0.25) is 9.78 Å². The fourth-order valence-electron chi connectivity index (χ4n) is 3.69. The predicted molar refractivity (Wildman–Crippen MR) is 113 cm³/mol. The Morgan fingerprint density at radius 2 is 1.81 bits per heavy atom. The number of carbonyl (C=O) groups is 1. The highest BCUT2D eigenvalue weighted by molar-refractivity contribution is 5.94. The lowest BCUT2D eigenvalue weighted by molar-refractivity contribution is -0.137. The fourth-order valence-corrected chi connectivity index (χ4v) is 3.69. The second-order valence-corrected chi connectivity index (χ2v) is 9.06. The van der Waals surface area contributed by atoms with Gasteiger partial charge in [0.05, 0.1) is 28.9 Å². The highest BCUT2D eigenvalue weighted by Gasteiger charge is 2.34. The van der Waals surface area contributed by atoms with Crippen molar-refractivity contribution in [2.45, 2.75) is 70.2 Å². The average molecular weight is 445 g/mol. The Kier molecular flexibility index (Phi) is 6.77. The highest BCUT2D eigenvalue weighted by atomic mass is 19.4. The number of hydrogen-bond donors (Lipinski definition) is 1. The second kappa shape index (κ2) is 9.19.